The van der Waals surface area contributed by atoms with Crippen LogP contribution < -0.4 is 5.73 Å². The first-order valence-electron chi connectivity index (χ1n) is 4.67. The molecule has 0 aromatic carbocycles. The molecular formula is C9H19NO2. The van der Waals surface area contributed by atoms with Crippen LogP contribution in [0.15, 0.2) is 0 Å². The quantitative estimate of drug-likeness (QED) is 0.651. The van der Waals surface area contributed by atoms with Crippen LogP contribution in [-0.4, -0.2) is 30.0 Å². The Bertz CT molecular complexity index is 132. The molecule has 72 valence electrons. The number of rotatable bonds is 4. The van der Waals surface area contributed by atoms with E-state index in [-0.39, 0.29) is 12.2 Å². The minimum atomic E-state index is -0.373. The summed E-state index contributed by atoms with van der Waals surface area (Å²) in [6, 6.07) is 0. The van der Waals surface area contributed by atoms with Crippen LogP contribution in [0.2, 0.25) is 0 Å². The zero-order chi connectivity index (χ0) is 9.14. The number of hydrogen-bond acceptors (Lipinski definition) is 3. The summed E-state index contributed by atoms with van der Waals surface area (Å²) in [5, 5.41) is 9.16. The van der Waals surface area contributed by atoms with Crippen molar-refractivity contribution in [2.75, 3.05) is 6.54 Å². The summed E-state index contributed by atoms with van der Waals surface area (Å²) < 4.78 is 5.57. The van der Waals surface area contributed by atoms with E-state index in [0.717, 1.165) is 19.4 Å². The average molecular weight is 173 g/mol. The fourth-order valence-corrected chi connectivity index (χ4v) is 1.40. The Morgan fingerprint density at radius 3 is 2.50 bits per heavy atom. The maximum absolute atomic E-state index is 9.16. The van der Waals surface area contributed by atoms with Crippen molar-refractivity contribution in [3.8, 4) is 0 Å². The predicted molar refractivity (Wildman–Crippen MR) is 47.8 cm³/mol. The SMILES string of the molecule is CC(O)C(C)OC1CC(CN)C1. The molecule has 0 radical (unpaired) electrons. The summed E-state index contributed by atoms with van der Waals surface area (Å²) in [7, 11) is 0. The van der Waals surface area contributed by atoms with E-state index in [2.05, 4.69) is 0 Å². The fourth-order valence-electron chi connectivity index (χ4n) is 1.40. The summed E-state index contributed by atoms with van der Waals surface area (Å²) in [5.41, 5.74) is 5.48. The van der Waals surface area contributed by atoms with E-state index in [0.29, 0.717) is 12.0 Å². The molecule has 0 spiro atoms. The maximum Gasteiger partial charge on any atom is 0.0806 e. The predicted octanol–water partition coefficient (Wildman–Crippen LogP) is 0.510. The molecule has 3 nitrogen and oxygen atoms in total. The van der Waals surface area contributed by atoms with E-state index in [4.69, 9.17) is 15.6 Å². The van der Waals surface area contributed by atoms with Gasteiger partial charge in [-0.2, -0.15) is 0 Å². The highest BCUT2D eigenvalue weighted by Gasteiger charge is 2.30. The molecule has 0 aromatic heterocycles. The maximum atomic E-state index is 9.16. The highest BCUT2D eigenvalue weighted by molar-refractivity contribution is 4.81. The van der Waals surface area contributed by atoms with Gasteiger partial charge in [0.2, 0.25) is 0 Å². The van der Waals surface area contributed by atoms with Gasteiger partial charge in [0.1, 0.15) is 0 Å². The van der Waals surface area contributed by atoms with Gasteiger partial charge < -0.3 is 15.6 Å². The lowest BCUT2D eigenvalue weighted by atomic mass is 9.82. The van der Waals surface area contributed by atoms with Gasteiger partial charge in [-0.3, -0.25) is 0 Å². The second kappa shape index (κ2) is 4.21. The van der Waals surface area contributed by atoms with Crippen molar-refractivity contribution < 1.29 is 9.84 Å². The van der Waals surface area contributed by atoms with Crippen LogP contribution in [0.4, 0.5) is 0 Å². The largest absolute Gasteiger partial charge is 0.391 e. The third-order valence-corrected chi connectivity index (χ3v) is 2.61. The Kier molecular flexibility index (Phi) is 3.50. The second-order valence-corrected chi connectivity index (χ2v) is 3.78. The summed E-state index contributed by atoms with van der Waals surface area (Å²) >= 11 is 0. The lowest BCUT2D eigenvalue weighted by Crippen LogP contribution is -2.39. The lowest BCUT2D eigenvalue weighted by Gasteiger charge is -2.36. The first kappa shape index (κ1) is 9.96. The van der Waals surface area contributed by atoms with Crippen LogP contribution in [0.1, 0.15) is 26.7 Å². The van der Waals surface area contributed by atoms with Gasteiger partial charge in [-0.15, -0.1) is 0 Å². The summed E-state index contributed by atoms with van der Waals surface area (Å²) in [4.78, 5) is 0. The molecule has 1 rings (SSSR count). The number of aliphatic hydroxyl groups is 1. The zero-order valence-electron chi connectivity index (χ0n) is 7.86. The van der Waals surface area contributed by atoms with Crippen molar-refractivity contribution in [1.82, 2.24) is 0 Å². The average Bonchev–Trinajstić information content (AvgIpc) is 1.94. The van der Waals surface area contributed by atoms with Gasteiger partial charge in [0.15, 0.2) is 0 Å². The summed E-state index contributed by atoms with van der Waals surface area (Å²) in [5.74, 6) is 0.649. The molecule has 2 atom stereocenters. The molecule has 0 aliphatic heterocycles. The molecule has 1 aliphatic rings. The van der Waals surface area contributed by atoms with Crippen molar-refractivity contribution >= 4 is 0 Å². The summed E-state index contributed by atoms with van der Waals surface area (Å²) in [6.45, 7) is 4.42. The van der Waals surface area contributed by atoms with Crippen molar-refractivity contribution in [2.45, 2.75) is 45.0 Å². The molecule has 1 fully saturated rings. The Labute approximate surface area is 73.9 Å². The number of aliphatic hydroxyl groups excluding tert-OH is 1. The lowest BCUT2D eigenvalue weighted by molar-refractivity contribution is -0.104. The molecule has 3 heteroatoms. The van der Waals surface area contributed by atoms with E-state index in [1.807, 2.05) is 6.92 Å². The molecule has 0 heterocycles. The van der Waals surface area contributed by atoms with Gasteiger partial charge in [-0.25, -0.2) is 0 Å². The monoisotopic (exact) mass is 173 g/mol. The molecule has 12 heavy (non-hydrogen) atoms. The van der Waals surface area contributed by atoms with Crippen molar-refractivity contribution in [1.29, 1.82) is 0 Å². The minimum Gasteiger partial charge on any atom is -0.391 e. The molecule has 0 bridgehead atoms. The Balaban J connectivity index is 2.10. The molecule has 1 saturated carbocycles. The topological polar surface area (TPSA) is 55.5 Å². The number of ether oxygens (including phenoxy) is 1. The Morgan fingerprint density at radius 2 is 2.08 bits per heavy atom. The van der Waals surface area contributed by atoms with Crippen molar-refractivity contribution in [2.24, 2.45) is 11.7 Å². The standard InChI is InChI=1S/C9H19NO2/c1-6(11)7(2)12-9-3-8(4-9)5-10/h6-9,11H,3-5,10H2,1-2H3. The molecule has 0 aromatic rings. The van der Waals surface area contributed by atoms with E-state index >= 15 is 0 Å². The summed E-state index contributed by atoms with van der Waals surface area (Å²) in [6.07, 6.45) is 2.04. The van der Waals surface area contributed by atoms with E-state index in [1.54, 1.807) is 6.92 Å². The van der Waals surface area contributed by atoms with Crippen LogP contribution in [0, 0.1) is 5.92 Å². The minimum absolute atomic E-state index is 0.0475. The van der Waals surface area contributed by atoms with Crippen molar-refractivity contribution in [3.05, 3.63) is 0 Å². The van der Waals surface area contributed by atoms with E-state index < -0.39 is 0 Å². The van der Waals surface area contributed by atoms with Gasteiger partial charge in [-0.05, 0) is 39.2 Å². The van der Waals surface area contributed by atoms with Crippen LogP contribution in [-0.2, 0) is 4.74 Å². The fraction of sp³-hybridized carbons (Fsp3) is 1.00. The van der Waals surface area contributed by atoms with Crippen LogP contribution in [0.3, 0.4) is 0 Å². The number of hydrogen-bond donors (Lipinski definition) is 2. The van der Waals surface area contributed by atoms with Gasteiger partial charge in [0.05, 0.1) is 18.3 Å². The first-order valence-corrected chi connectivity index (χ1v) is 4.67. The first-order chi connectivity index (χ1) is 5.63. The highest BCUT2D eigenvalue weighted by Crippen LogP contribution is 2.30. The molecule has 0 amide bonds. The molecular weight excluding hydrogens is 154 g/mol. The van der Waals surface area contributed by atoms with Gasteiger partial charge in [-0.1, -0.05) is 0 Å². The normalized spacial score (nSPS) is 34.0. The molecule has 1 aliphatic carbocycles. The van der Waals surface area contributed by atoms with Crippen LogP contribution >= 0.6 is 0 Å². The van der Waals surface area contributed by atoms with E-state index in [9.17, 15) is 0 Å². The molecule has 0 saturated heterocycles. The van der Waals surface area contributed by atoms with Gasteiger partial charge >= 0.3 is 0 Å². The third kappa shape index (κ3) is 2.44. The smallest absolute Gasteiger partial charge is 0.0806 e. The Morgan fingerprint density at radius 1 is 1.50 bits per heavy atom. The van der Waals surface area contributed by atoms with Crippen LogP contribution in [0.5, 0.6) is 0 Å². The number of nitrogens with two attached hydrogens (primary N) is 1. The molecule has 2 unspecified atom stereocenters. The van der Waals surface area contributed by atoms with E-state index in [1.165, 1.54) is 0 Å². The molecule has 3 N–H and O–H groups in total. The van der Waals surface area contributed by atoms with Crippen molar-refractivity contribution in [3.63, 3.8) is 0 Å². The zero-order valence-corrected chi connectivity index (χ0v) is 7.86. The second-order valence-electron chi connectivity index (χ2n) is 3.78. The van der Waals surface area contributed by atoms with Gasteiger partial charge in [0, 0.05) is 0 Å². The van der Waals surface area contributed by atoms with Gasteiger partial charge in [0.25, 0.3) is 0 Å². The highest BCUT2D eigenvalue weighted by atomic mass is 16.5. The Hall–Kier alpha value is -0.120. The van der Waals surface area contributed by atoms with Crippen LogP contribution in [0.25, 0.3) is 0 Å². The third-order valence-electron chi connectivity index (χ3n) is 2.61.